The third-order valence-corrected chi connectivity index (χ3v) is 4.28. The van der Waals surface area contributed by atoms with E-state index in [-0.39, 0.29) is 0 Å². The van der Waals surface area contributed by atoms with Gasteiger partial charge in [-0.25, -0.2) is 8.42 Å². The van der Waals surface area contributed by atoms with Gasteiger partial charge in [-0.1, -0.05) is 0 Å². The molecule has 0 unspecified atom stereocenters. The molecular formula is C7H9F3O4S. The Bertz CT molecular complexity index is 356. The summed E-state index contributed by atoms with van der Waals surface area (Å²) in [6.07, 6.45) is -6.70. The summed E-state index contributed by atoms with van der Waals surface area (Å²) in [5.41, 5.74) is -2.89. The van der Waals surface area contributed by atoms with Crippen molar-refractivity contribution in [3.05, 3.63) is 0 Å². The molecule has 0 spiro atoms. The second-order valence-corrected chi connectivity index (χ2v) is 5.84. The zero-order chi connectivity index (χ0) is 11.9. The fourth-order valence-electron chi connectivity index (χ4n) is 1.51. The Labute approximate surface area is 84.0 Å². The Kier molecular flexibility index (Phi) is 2.75. The number of carbonyl (C=O) groups is 1. The summed E-state index contributed by atoms with van der Waals surface area (Å²) in [5, 5.41) is 8.58. The molecule has 1 aliphatic heterocycles. The molecule has 0 aromatic carbocycles. The Morgan fingerprint density at radius 1 is 1.20 bits per heavy atom. The molecule has 15 heavy (non-hydrogen) atoms. The van der Waals surface area contributed by atoms with E-state index in [0.29, 0.717) is 0 Å². The van der Waals surface area contributed by atoms with Crippen LogP contribution in [0.25, 0.3) is 0 Å². The number of sulfone groups is 1. The van der Waals surface area contributed by atoms with E-state index >= 15 is 0 Å². The third-order valence-electron chi connectivity index (χ3n) is 2.63. The third kappa shape index (κ3) is 2.09. The van der Waals surface area contributed by atoms with Crippen LogP contribution in [0.5, 0.6) is 0 Å². The highest BCUT2D eigenvalue weighted by Gasteiger charge is 2.62. The summed E-state index contributed by atoms with van der Waals surface area (Å²) in [7, 11) is -3.51. The van der Waals surface area contributed by atoms with Gasteiger partial charge in [-0.15, -0.1) is 0 Å². The van der Waals surface area contributed by atoms with Crippen LogP contribution in [0.15, 0.2) is 0 Å². The fourth-order valence-corrected chi connectivity index (χ4v) is 3.03. The van der Waals surface area contributed by atoms with Crippen molar-refractivity contribution in [1.82, 2.24) is 0 Å². The van der Waals surface area contributed by atoms with Gasteiger partial charge in [0.25, 0.3) is 0 Å². The second kappa shape index (κ2) is 3.36. The molecule has 88 valence electrons. The van der Waals surface area contributed by atoms with Gasteiger partial charge in [0.1, 0.15) is 9.84 Å². The largest absolute Gasteiger partial charge is 0.481 e. The van der Waals surface area contributed by atoms with Crippen LogP contribution in [-0.4, -0.2) is 37.2 Å². The standard InChI is InChI=1S/C7H9F3O4S/c8-7(9,10)6(5(11)12)1-3-15(13,14)4-2-6/h1-4H2,(H,11,12). The number of hydrogen-bond donors (Lipinski definition) is 1. The molecule has 0 aromatic rings. The number of carboxylic acids is 1. The highest BCUT2D eigenvalue weighted by Crippen LogP contribution is 2.46. The lowest BCUT2D eigenvalue weighted by atomic mass is 9.81. The maximum atomic E-state index is 12.5. The van der Waals surface area contributed by atoms with Crippen molar-refractivity contribution < 1.29 is 31.5 Å². The average Bonchev–Trinajstić information content (AvgIpc) is 2.01. The molecule has 4 nitrogen and oxygen atoms in total. The lowest BCUT2D eigenvalue weighted by molar-refractivity contribution is -0.233. The molecule has 0 amide bonds. The lowest BCUT2D eigenvalue weighted by Gasteiger charge is -2.34. The quantitative estimate of drug-likeness (QED) is 0.743. The number of alkyl halides is 3. The molecule has 0 saturated carbocycles. The topological polar surface area (TPSA) is 71.4 Å². The van der Waals surface area contributed by atoms with Crippen LogP contribution in [0.3, 0.4) is 0 Å². The number of rotatable bonds is 1. The number of hydrogen-bond acceptors (Lipinski definition) is 3. The van der Waals surface area contributed by atoms with Crippen LogP contribution in [-0.2, 0) is 14.6 Å². The zero-order valence-electron chi connectivity index (χ0n) is 7.54. The molecule has 0 aromatic heterocycles. The summed E-state index contributed by atoms with van der Waals surface area (Å²) in [5.74, 6) is -3.44. The molecular weight excluding hydrogens is 237 g/mol. The first-order chi connectivity index (χ1) is 6.61. The van der Waals surface area contributed by atoms with Gasteiger partial charge in [-0.05, 0) is 12.8 Å². The Balaban J connectivity index is 3.04. The van der Waals surface area contributed by atoms with Gasteiger partial charge in [0, 0.05) is 0 Å². The van der Waals surface area contributed by atoms with Crippen molar-refractivity contribution in [1.29, 1.82) is 0 Å². The maximum Gasteiger partial charge on any atom is 0.404 e. The van der Waals surface area contributed by atoms with Gasteiger partial charge in [-0.3, -0.25) is 4.79 Å². The van der Waals surface area contributed by atoms with E-state index in [4.69, 9.17) is 5.11 Å². The summed E-state index contributed by atoms with van der Waals surface area (Å²) in [6, 6.07) is 0. The van der Waals surface area contributed by atoms with Crippen molar-refractivity contribution in [3.8, 4) is 0 Å². The Morgan fingerprint density at radius 3 is 1.87 bits per heavy atom. The molecule has 1 heterocycles. The van der Waals surface area contributed by atoms with Crippen molar-refractivity contribution >= 4 is 15.8 Å². The number of halogens is 3. The molecule has 1 aliphatic rings. The van der Waals surface area contributed by atoms with Crippen molar-refractivity contribution in [2.75, 3.05) is 11.5 Å². The van der Waals surface area contributed by atoms with Crippen LogP contribution in [0.1, 0.15) is 12.8 Å². The van der Waals surface area contributed by atoms with Gasteiger partial charge in [-0.2, -0.15) is 13.2 Å². The van der Waals surface area contributed by atoms with Gasteiger partial charge in [0.15, 0.2) is 5.41 Å². The van der Waals surface area contributed by atoms with Crippen LogP contribution >= 0.6 is 0 Å². The normalized spacial score (nSPS) is 24.7. The first-order valence-corrected chi connectivity index (χ1v) is 5.93. The van der Waals surface area contributed by atoms with E-state index in [1.165, 1.54) is 0 Å². The first kappa shape index (κ1) is 12.3. The summed E-state index contributed by atoms with van der Waals surface area (Å²) >= 11 is 0. The molecule has 1 saturated heterocycles. The van der Waals surface area contributed by atoms with E-state index in [9.17, 15) is 26.4 Å². The van der Waals surface area contributed by atoms with E-state index in [0.717, 1.165) is 0 Å². The monoisotopic (exact) mass is 246 g/mol. The molecule has 0 aliphatic carbocycles. The fraction of sp³-hybridized carbons (Fsp3) is 0.857. The number of aliphatic carboxylic acids is 1. The minimum absolute atomic E-state index is 0.723. The average molecular weight is 246 g/mol. The van der Waals surface area contributed by atoms with E-state index < -0.39 is 51.7 Å². The number of carboxylic acid groups (broad SMARTS) is 1. The molecule has 0 radical (unpaired) electrons. The summed E-state index contributed by atoms with van der Waals surface area (Å²) in [6.45, 7) is 0. The van der Waals surface area contributed by atoms with Gasteiger partial charge >= 0.3 is 12.1 Å². The minimum atomic E-state index is -4.91. The molecule has 0 atom stereocenters. The van der Waals surface area contributed by atoms with Gasteiger partial charge in [0.2, 0.25) is 0 Å². The molecule has 1 fully saturated rings. The van der Waals surface area contributed by atoms with Crippen LogP contribution in [0, 0.1) is 5.41 Å². The highest BCUT2D eigenvalue weighted by atomic mass is 32.2. The smallest absolute Gasteiger partial charge is 0.404 e. The second-order valence-electron chi connectivity index (χ2n) is 3.54. The molecule has 1 rings (SSSR count). The predicted molar refractivity (Wildman–Crippen MR) is 44.0 cm³/mol. The molecule has 1 N–H and O–H groups in total. The highest BCUT2D eigenvalue weighted by molar-refractivity contribution is 7.91. The van der Waals surface area contributed by atoms with E-state index in [1.54, 1.807) is 0 Å². The molecule has 8 heteroatoms. The zero-order valence-corrected chi connectivity index (χ0v) is 8.36. The minimum Gasteiger partial charge on any atom is -0.481 e. The summed E-state index contributed by atoms with van der Waals surface area (Å²) < 4.78 is 59.4. The van der Waals surface area contributed by atoms with Crippen molar-refractivity contribution in [2.45, 2.75) is 19.0 Å². The SMILES string of the molecule is O=C(O)C1(C(F)(F)F)CCS(=O)(=O)CC1. The lowest BCUT2D eigenvalue weighted by Crippen LogP contribution is -2.50. The Morgan fingerprint density at radius 2 is 1.60 bits per heavy atom. The maximum absolute atomic E-state index is 12.5. The van der Waals surface area contributed by atoms with Crippen LogP contribution in [0.4, 0.5) is 13.2 Å². The van der Waals surface area contributed by atoms with Crippen molar-refractivity contribution in [3.63, 3.8) is 0 Å². The van der Waals surface area contributed by atoms with Gasteiger partial charge in [0.05, 0.1) is 11.5 Å². The molecule has 0 bridgehead atoms. The van der Waals surface area contributed by atoms with Crippen LogP contribution < -0.4 is 0 Å². The first-order valence-electron chi connectivity index (χ1n) is 4.11. The Hall–Kier alpha value is -0.790. The summed E-state index contributed by atoms with van der Waals surface area (Å²) in [4.78, 5) is 10.6. The predicted octanol–water partition coefficient (Wildman–Crippen LogP) is 0.828. The van der Waals surface area contributed by atoms with Crippen molar-refractivity contribution in [2.24, 2.45) is 5.41 Å². The van der Waals surface area contributed by atoms with Crippen LogP contribution in [0.2, 0.25) is 0 Å². The van der Waals surface area contributed by atoms with E-state index in [1.807, 2.05) is 0 Å². The van der Waals surface area contributed by atoms with Gasteiger partial charge < -0.3 is 5.11 Å². The van der Waals surface area contributed by atoms with E-state index in [2.05, 4.69) is 0 Å².